The van der Waals surface area contributed by atoms with Crippen LogP contribution in [-0.2, 0) is 4.74 Å². The molecule has 0 spiro atoms. The van der Waals surface area contributed by atoms with Crippen LogP contribution in [0.3, 0.4) is 0 Å². The second kappa shape index (κ2) is 7.11. The van der Waals surface area contributed by atoms with Gasteiger partial charge >= 0.3 is 5.97 Å². The molecule has 0 aromatic heterocycles. The number of carboxylic acids is 1. The molecule has 0 bridgehead atoms. The number of hydrogen-bond acceptors (Lipinski definition) is 6. The number of hydrogen-bond donors (Lipinski definition) is 2. The lowest BCUT2D eigenvalue weighted by molar-refractivity contribution is 0.0696. The van der Waals surface area contributed by atoms with Crippen molar-refractivity contribution >= 4 is 17.3 Å². The normalized spacial score (nSPS) is 13.6. The zero-order valence-electron chi connectivity index (χ0n) is 11.7. The highest BCUT2D eigenvalue weighted by Gasteiger charge is 2.21. The number of nitrogens with one attached hydrogen (secondary N) is 1. The maximum atomic E-state index is 11.5. The van der Waals surface area contributed by atoms with E-state index in [4.69, 9.17) is 15.3 Å². The maximum absolute atomic E-state index is 11.5. The van der Waals surface area contributed by atoms with Gasteiger partial charge in [-0.2, -0.15) is 10.5 Å². The summed E-state index contributed by atoms with van der Waals surface area (Å²) in [5.41, 5.74) is 1.14. The SMILES string of the molecule is N#CC(C#N)=CNc1cccc(C(=O)O)c1N1CCOCC1. The van der Waals surface area contributed by atoms with Crippen molar-refractivity contribution in [1.29, 1.82) is 10.5 Å². The van der Waals surface area contributed by atoms with E-state index in [2.05, 4.69) is 5.32 Å². The van der Waals surface area contributed by atoms with E-state index < -0.39 is 5.97 Å². The molecule has 1 aliphatic rings. The number of nitrogens with zero attached hydrogens (tertiary/aromatic N) is 3. The van der Waals surface area contributed by atoms with Crippen molar-refractivity contribution in [2.45, 2.75) is 0 Å². The van der Waals surface area contributed by atoms with E-state index in [0.717, 1.165) is 0 Å². The van der Waals surface area contributed by atoms with Crippen molar-refractivity contribution in [2.75, 3.05) is 36.5 Å². The van der Waals surface area contributed by atoms with E-state index >= 15 is 0 Å². The molecule has 7 heteroatoms. The first-order valence-electron chi connectivity index (χ1n) is 6.63. The van der Waals surface area contributed by atoms with Crippen molar-refractivity contribution in [3.05, 3.63) is 35.5 Å². The Labute approximate surface area is 127 Å². The maximum Gasteiger partial charge on any atom is 0.337 e. The van der Waals surface area contributed by atoms with Gasteiger partial charge in [0.05, 0.1) is 30.2 Å². The molecule has 0 aliphatic carbocycles. The molecule has 1 aliphatic heterocycles. The third kappa shape index (κ3) is 3.35. The van der Waals surface area contributed by atoms with Crippen LogP contribution in [0.5, 0.6) is 0 Å². The van der Waals surface area contributed by atoms with Crippen LogP contribution in [0.1, 0.15) is 10.4 Å². The number of aromatic carboxylic acids is 1. The van der Waals surface area contributed by atoms with Crippen molar-refractivity contribution < 1.29 is 14.6 Å². The second-order valence-electron chi connectivity index (χ2n) is 4.53. The molecule has 22 heavy (non-hydrogen) atoms. The van der Waals surface area contributed by atoms with Crippen LogP contribution < -0.4 is 10.2 Å². The molecule has 2 rings (SSSR count). The Bertz CT molecular complexity index is 663. The molecule has 1 aromatic rings. The molecule has 1 heterocycles. The van der Waals surface area contributed by atoms with E-state index in [1.807, 2.05) is 4.90 Å². The molecule has 0 saturated carbocycles. The van der Waals surface area contributed by atoms with E-state index in [9.17, 15) is 9.90 Å². The van der Waals surface area contributed by atoms with Crippen molar-refractivity contribution in [1.82, 2.24) is 0 Å². The van der Waals surface area contributed by atoms with Gasteiger partial charge in [0.2, 0.25) is 0 Å². The van der Waals surface area contributed by atoms with Gasteiger partial charge in [-0.3, -0.25) is 0 Å². The van der Waals surface area contributed by atoms with E-state index in [-0.39, 0.29) is 11.1 Å². The first-order chi connectivity index (χ1) is 10.7. The second-order valence-corrected chi connectivity index (χ2v) is 4.53. The molecule has 1 saturated heterocycles. The minimum Gasteiger partial charge on any atom is -0.478 e. The summed E-state index contributed by atoms with van der Waals surface area (Å²) in [5.74, 6) is -1.03. The average molecular weight is 298 g/mol. The molecule has 2 N–H and O–H groups in total. The number of anilines is 2. The van der Waals surface area contributed by atoms with Gasteiger partial charge < -0.3 is 20.1 Å². The number of nitriles is 2. The Morgan fingerprint density at radius 3 is 2.59 bits per heavy atom. The third-order valence-electron chi connectivity index (χ3n) is 3.21. The summed E-state index contributed by atoms with van der Waals surface area (Å²) in [5, 5.41) is 29.8. The summed E-state index contributed by atoms with van der Waals surface area (Å²) in [4.78, 5) is 13.4. The summed E-state index contributed by atoms with van der Waals surface area (Å²) in [7, 11) is 0. The average Bonchev–Trinajstić information content (AvgIpc) is 2.56. The van der Waals surface area contributed by atoms with Crippen LogP contribution in [0, 0.1) is 22.7 Å². The highest BCUT2D eigenvalue weighted by Crippen LogP contribution is 2.31. The Morgan fingerprint density at radius 2 is 2.00 bits per heavy atom. The van der Waals surface area contributed by atoms with Gasteiger partial charge in [-0.15, -0.1) is 0 Å². The van der Waals surface area contributed by atoms with Crippen molar-refractivity contribution in [2.24, 2.45) is 0 Å². The zero-order valence-corrected chi connectivity index (χ0v) is 11.7. The summed E-state index contributed by atoms with van der Waals surface area (Å²) in [6, 6.07) is 8.34. The van der Waals surface area contributed by atoms with Crippen LogP contribution in [0.4, 0.5) is 11.4 Å². The first kappa shape index (κ1) is 15.4. The van der Waals surface area contributed by atoms with E-state index in [1.54, 1.807) is 24.3 Å². The quantitative estimate of drug-likeness (QED) is 0.812. The number of para-hydroxylation sites is 1. The topological polar surface area (TPSA) is 109 Å². The third-order valence-corrected chi connectivity index (χ3v) is 3.21. The Morgan fingerprint density at radius 1 is 1.32 bits per heavy atom. The Kier molecular flexibility index (Phi) is 4.97. The lowest BCUT2D eigenvalue weighted by Crippen LogP contribution is -2.37. The fourth-order valence-corrected chi connectivity index (χ4v) is 2.20. The monoisotopic (exact) mass is 298 g/mol. The van der Waals surface area contributed by atoms with Crippen LogP contribution in [-0.4, -0.2) is 37.4 Å². The van der Waals surface area contributed by atoms with Gasteiger partial charge in [-0.05, 0) is 12.1 Å². The van der Waals surface area contributed by atoms with Crippen LogP contribution >= 0.6 is 0 Å². The first-order valence-corrected chi connectivity index (χ1v) is 6.63. The molecule has 7 nitrogen and oxygen atoms in total. The smallest absolute Gasteiger partial charge is 0.337 e. The standard InChI is InChI=1S/C15H14N4O3/c16-8-11(9-17)10-18-13-3-1-2-12(15(20)21)14(13)19-4-6-22-7-5-19/h1-3,10,18H,4-7H2,(H,20,21). The number of allylic oxidation sites excluding steroid dienone is 1. The van der Waals surface area contributed by atoms with Gasteiger partial charge in [0.1, 0.15) is 17.7 Å². The largest absolute Gasteiger partial charge is 0.478 e. The summed E-state index contributed by atoms with van der Waals surface area (Å²) in [6.45, 7) is 2.19. The van der Waals surface area contributed by atoms with Gasteiger partial charge in [-0.1, -0.05) is 6.07 Å². The highest BCUT2D eigenvalue weighted by molar-refractivity contribution is 5.98. The van der Waals surface area contributed by atoms with Crippen molar-refractivity contribution in [3.63, 3.8) is 0 Å². The Hall–Kier alpha value is -3.03. The number of ether oxygens (including phenoxy) is 1. The molecular formula is C15H14N4O3. The number of rotatable bonds is 4. The van der Waals surface area contributed by atoms with Gasteiger partial charge in [0, 0.05) is 19.3 Å². The van der Waals surface area contributed by atoms with Gasteiger partial charge in [0.15, 0.2) is 0 Å². The van der Waals surface area contributed by atoms with Crippen LogP contribution in [0.2, 0.25) is 0 Å². The molecular weight excluding hydrogens is 284 g/mol. The number of benzene rings is 1. The fourth-order valence-electron chi connectivity index (χ4n) is 2.20. The predicted molar refractivity (Wildman–Crippen MR) is 79.4 cm³/mol. The number of carbonyl (C=O) groups is 1. The number of carboxylic acid groups (broad SMARTS) is 1. The molecule has 112 valence electrons. The predicted octanol–water partition coefficient (Wildman–Crippen LogP) is 1.56. The van der Waals surface area contributed by atoms with E-state index in [1.165, 1.54) is 12.3 Å². The van der Waals surface area contributed by atoms with Gasteiger partial charge in [0.25, 0.3) is 0 Å². The van der Waals surface area contributed by atoms with Crippen molar-refractivity contribution in [3.8, 4) is 12.1 Å². The fraction of sp³-hybridized carbons (Fsp3) is 0.267. The molecule has 0 atom stereocenters. The Balaban J connectivity index is 2.42. The zero-order chi connectivity index (χ0) is 15.9. The molecule has 0 radical (unpaired) electrons. The molecule has 1 fully saturated rings. The molecule has 1 aromatic carbocycles. The minimum absolute atomic E-state index is 0.0892. The lowest BCUT2D eigenvalue weighted by atomic mass is 10.1. The highest BCUT2D eigenvalue weighted by atomic mass is 16.5. The number of morpholine rings is 1. The summed E-state index contributed by atoms with van der Waals surface area (Å²) in [6.07, 6.45) is 1.27. The molecule has 0 amide bonds. The lowest BCUT2D eigenvalue weighted by Gasteiger charge is -2.31. The van der Waals surface area contributed by atoms with Crippen LogP contribution in [0.15, 0.2) is 30.0 Å². The van der Waals surface area contributed by atoms with Crippen LogP contribution in [0.25, 0.3) is 0 Å². The summed E-state index contributed by atoms with van der Waals surface area (Å²) >= 11 is 0. The van der Waals surface area contributed by atoms with E-state index in [0.29, 0.717) is 37.7 Å². The summed E-state index contributed by atoms with van der Waals surface area (Å²) < 4.78 is 5.29. The molecule has 0 unspecified atom stereocenters. The van der Waals surface area contributed by atoms with Gasteiger partial charge in [-0.25, -0.2) is 4.79 Å². The minimum atomic E-state index is -1.03.